The van der Waals surface area contributed by atoms with Gasteiger partial charge in [-0.3, -0.25) is 9.59 Å². The molecule has 0 saturated carbocycles. The van der Waals surface area contributed by atoms with Crippen LogP contribution in [-0.4, -0.2) is 32.0 Å². The molecule has 2 N–H and O–H groups in total. The van der Waals surface area contributed by atoms with Gasteiger partial charge >= 0.3 is 0 Å². The standard InChI is InChI=1S/C19H23N3O2/c1-14(18(23)20-13-15-7-5-4-6-8-15)21-19(24)16-9-11-17(12-10-16)22(2)3/h4-12,14H,13H2,1-3H3,(H,20,23)(H,21,24). The second-order valence-electron chi connectivity index (χ2n) is 5.84. The minimum atomic E-state index is -0.602. The fraction of sp³-hybridized carbons (Fsp3) is 0.263. The van der Waals surface area contributed by atoms with Gasteiger partial charge in [0.05, 0.1) is 0 Å². The van der Waals surface area contributed by atoms with E-state index in [4.69, 9.17) is 0 Å². The zero-order valence-corrected chi connectivity index (χ0v) is 14.2. The highest BCUT2D eigenvalue weighted by Crippen LogP contribution is 2.12. The van der Waals surface area contributed by atoms with Crippen LogP contribution >= 0.6 is 0 Å². The van der Waals surface area contributed by atoms with E-state index in [1.54, 1.807) is 19.1 Å². The molecule has 126 valence electrons. The van der Waals surface area contributed by atoms with Crippen molar-refractivity contribution in [2.24, 2.45) is 0 Å². The molecule has 5 heteroatoms. The monoisotopic (exact) mass is 325 g/mol. The average molecular weight is 325 g/mol. The molecule has 0 aromatic heterocycles. The summed E-state index contributed by atoms with van der Waals surface area (Å²) in [4.78, 5) is 26.3. The zero-order valence-electron chi connectivity index (χ0n) is 14.2. The van der Waals surface area contributed by atoms with Crippen molar-refractivity contribution in [3.05, 3.63) is 65.7 Å². The average Bonchev–Trinajstić information content (AvgIpc) is 2.60. The number of carbonyl (C=O) groups is 2. The molecule has 0 heterocycles. The van der Waals surface area contributed by atoms with Crippen molar-refractivity contribution >= 4 is 17.5 Å². The predicted molar refractivity (Wildman–Crippen MR) is 96.0 cm³/mol. The molecular weight excluding hydrogens is 302 g/mol. The normalized spacial score (nSPS) is 11.5. The number of nitrogens with one attached hydrogen (secondary N) is 2. The molecule has 0 bridgehead atoms. The van der Waals surface area contributed by atoms with Crippen molar-refractivity contribution in [3.8, 4) is 0 Å². The van der Waals surface area contributed by atoms with E-state index in [1.807, 2.05) is 61.5 Å². The number of carbonyl (C=O) groups excluding carboxylic acids is 2. The van der Waals surface area contributed by atoms with Gasteiger partial charge in [0.25, 0.3) is 5.91 Å². The van der Waals surface area contributed by atoms with Crippen LogP contribution in [0, 0.1) is 0 Å². The Morgan fingerprint density at radius 1 is 1.00 bits per heavy atom. The van der Waals surface area contributed by atoms with Crippen LogP contribution in [0.15, 0.2) is 54.6 Å². The van der Waals surface area contributed by atoms with Gasteiger partial charge in [-0.2, -0.15) is 0 Å². The van der Waals surface area contributed by atoms with E-state index in [0.29, 0.717) is 12.1 Å². The van der Waals surface area contributed by atoms with E-state index in [9.17, 15) is 9.59 Å². The molecule has 0 fully saturated rings. The molecular formula is C19H23N3O2. The number of hydrogen-bond donors (Lipinski definition) is 2. The Kier molecular flexibility index (Phi) is 5.95. The Morgan fingerprint density at radius 3 is 2.21 bits per heavy atom. The highest BCUT2D eigenvalue weighted by atomic mass is 16.2. The first kappa shape index (κ1) is 17.5. The van der Waals surface area contributed by atoms with E-state index in [2.05, 4.69) is 10.6 Å². The van der Waals surface area contributed by atoms with Crippen LogP contribution in [0.5, 0.6) is 0 Å². The molecule has 0 aliphatic heterocycles. The SMILES string of the molecule is CC(NC(=O)c1ccc(N(C)C)cc1)C(=O)NCc1ccccc1. The number of amides is 2. The maximum absolute atomic E-state index is 12.2. The van der Waals surface area contributed by atoms with E-state index >= 15 is 0 Å². The van der Waals surface area contributed by atoms with Crippen LogP contribution in [0.4, 0.5) is 5.69 Å². The minimum absolute atomic E-state index is 0.211. The number of hydrogen-bond acceptors (Lipinski definition) is 3. The second kappa shape index (κ2) is 8.15. The highest BCUT2D eigenvalue weighted by Gasteiger charge is 2.16. The number of rotatable bonds is 6. The Morgan fingerprint density at radius 2 is 1.62 bits per heavy atom. The fourth-order valence-corrected chi connectivity index (χ4v) is 2.19. The van der Waals surface area contributed by atoms with Gasteiger partial charge in [-0.1, -0.05) is 30.3 Å². The lowest BCUT2D eigenvalue weighted by molar-refractivity contribution is -0.122. The van der Waals surface area contributed by atoms with Gasteiger partial charge in [0.1, 0.15) is 6.04 Å². The summed E-state index contributed by atoms with van der Waals surface area (Å²) in [6.45, 7) is 2.11. The summed E-state index contributed by atoms with van der Waals surface area (Å²) < 4.78 is 0. The predicted octanol–water partition coefficient (Wildman–Crippen LogP) is 2.19. The van der Waals surface area contributed by atoms with Crippen LogP contribution in [-0.2, 0) is 11.3 Å². The molecule has 1 unspecified atom stereocenters. The maximum Gasteiger partial charge on any atom is 0.251 e. The zero-order chi connectivity index (χ0) is 17.5. The van der Waals surface area contributed by atoms with Crippen molar-refractivity contribution in [1.82, 2.24) is 10.6 Å². The highest BCUT2D eigenvalue weighted by molar-refractivity contribution is 5.97. The van der Waals surface area contributed by atoms with Crippen molar-refractivity contribution < 1.29 is 9.59 Å². The topological polar surface area (TPSA) is 61.4 Å². The Balaban J connectivity index is 1.87. The molecule has 2 aromatic carbocycles. The van der Waals surface area contributed by atoms with Crippen molar-refractivity contribution in [2.75, 3.05) is 19.0 Å². The quantitative estimate of drug-likeness (QED) is 0.856. The number of anilines is 1. The van der Waals surface area contributed by atoms with Gasteiger partial charge < -0.3 is 15.5 Å². The van der Waals surface area contributed by atoms with E-state index in [1.165, 1.54) is 0 Å². The third-order valence-electron chi connectivity index (χ3n) is 3.70. The third kappa shape index (κ3) is 4.84. The number of benzene rings is 2. The molecule has 2 aromatic rings. The first-order chi connectivity index (χ1) is 11.5. The smallest absolute Gasteiger partial charge is 0.251 e. The summed E-state index contributed by atoms with van der Waals surface area (Å²) in [5.41, 5.74) is 2.56. The van der Waals surface area contributed by atoms with Crippen molar-refractivity contribution in [3.63, 3.8) is 0 Å². The lowest BCUT2D eigenvalue weighted by Crippen LogP contribution is -2.44. The molecule has 0 spiro atoms. The third-order valence-corrected chi connectivity index (χ3v) is 3.70. The molecule has 0 aliphatic carbocycles. The molecule has 2 rings (SSSR count). The van der Waals surface area contributed by atoms with Crippen molar-refractivity contribution in [1.29, 1.82) is 0 Å². The summed E-state index contributed by atoms with van der Waals surface area (Å²) in [5, 5.41) is 5.54. The van der Waals surface area contributed by atoms with Crippen LogP contribution in [0.3, 0.4) is 0 Å². The van der Waals surface area contributed by atoms with E-state index in [-0.39, 0.29) is 11.8 Å². The van der Waals surface area contributed by atoms with Gasteiger partial charge in [-0.15, -0.1) is 0 Å². The lowest BCUT2D eigenvalue weighted by Gasteiger charge is -2.15. The van der Waals surface area contributed by atoms with Gasteiger partial charge in [0.15, 0.2) is 0 Å². The summed E-state index contributed by atoms with van der Waals surface area (Å²) >= 11 is 0. The van der Waals surface area contributed by atoms with Gasteiger partial charge in [0, 0.05) is 31.9 Å². The van der Waals surface area contributed by atoms with E-state index in [0.717, 1.165) is 11.3 Å². The van der Waals surface area contributed by atoms with Crippen LogP contribution in [0.2, 0.25) is 0 Å². The first-order valence-corrected chi connectivity index (χ1v) is 7.87. The molecule has 5 nitrogen and oxygen atoms in total. The maximum atomic E-state index is 12.2. The largest absolute Gasteiger partial charge is 0.378 e. The first-order valence-electron chi connectivity index (χ1n) is 7.87. The number of nitrogens with zero attached hydrogens (tertiary/aromatic N) is 1. The minimum Gasteiger partial charge on any atom is -0.378 e. The summed E-state index contributed by atoms with van der Waals surface area (Å²) in [7, 11) is 3.88. The van der Waals surface area contributed by atoms with Gasteiger partial charge in [-0.05, 0) is 36.8 Å². The van der Waals surface area contributed by atoms with Gasteiger partial charge in [-0.25, -0.2) is 0 Å². The van der Waals surface area contributed by atoms with Crippen LogP contribution < -0.4 is 15.5 Å². The lowest BCUT2D eigenvalue weighted by atomic mass is 10.1. The van der Waals surface area contributed by atoms with Crippen LogP contribution in [0.25, 0.3) is 0 Å². The molecule has 2 amide bonds. The molecule has 1 atom stereocenters. The summed E-state index contributed by atoms with van der Waals surface area (Å²) in [5.74, 6) is -0.472. The Hall–Kier alpha value is -2.82. The van der Waals surface area contributed by atoms with Crippen molar-refractivity contribution in [2.45, 2.75) is 19.5 Å². The summed E-state index contributed by atoms with van der Waals surface area (Å²) in [6, 6.07) is 16.3. The molecule has 0 saturated heterocycles. The van der Waals surface area contributed by atoms with Gasteiger partial charge in [0.2, 0.25) is 5.91 Å². The second-order valence-corrected chi connectivity index (χ2v) is 5.84. The molecule has 0 aliphatic rings. The molecule has 24 heavy (non-hydrogen) atoms. The summed E-state index contributed by atoms with van der Waals surface area (Å²) in [6.07, 6.45) is 0. The molecule has 0 radical (unpaired) electrons. The Labute approximate surface area is 142 Å². The Bertz CT molecular complexity index is 682. The van der Waals surface area contributed by atoms with Crippen LogP contribution in [0.1, 0.15) is 22.8 Å². The van der Waals surface area contributed by atoms with E-state index < -0.39 is 6.04 Å². The fourth-order valence-electron chi connectivity index (χ4n) is 2.19.